The number of aliphatic hydroxyl groups is 5. The monoisotopic (exact) mass is 839 g/mol. The molecule has 1 rings (SSSR count). The van der Waals surface area contributed by atoms with E-state index in [1.54, 1.807) is 0 Å². The van der Waals surface area contributed by atoms with Crippen LogP contribution in [0.25, 0.3) is 0 Å². The fraction of sp³-hybridized carbons (Fsp3) is 0.977. The first-order valence-electron chi connectivity index (χ1n) is 23.4. The SMILES string of the molecule is CCCCCCCCCCCCCCCCCCCCC(=O)O[C@H](COCCCCCCCCCCCCCC)COP(=O)(O)OC1C(O)C(O)C(O)[C@@H](O)C1O. The molecule has 1 aliphatic rings. The zero-order chi connectivity index (χ0) is 42.0. The van der Waals surface area contributed by atoms with Crippen molar-refractivity contribution in [3.05, 3.63) is 0 Å². The van der Waals surface area contributed by atoms with Crippen molar-refractivity contribution in [1.29, 1.82) is 0 Å². The van der Waals surface area contributed by atoms with Crippen LogP contribution in [0.5, 0.6) is 0 Å². The summed E-state index contributed by atoms with van der Waals surface area (Å²) in [6.07, 6.45) is 24.6. The van der Waals surface area contributed by atoms with Crippen molar-refractivity contribution in [3.63, 3.8) is 0 Å². The summed E-state index contributed by atoms with van der Waals surface area (Å²) in [6.45, 7) is 4.29. The van der Waals surface area contributed by atoms with Crippen LogP contribution in [0.2, 0.25) is 0 Å². The normalized spacial score (nSPS) is 22.7. The van der Waals surface area contributed by atoms with E-state index >= 15 is 0 Å². The molecule has 1 fully saturated rings. The lowest BCUT2D eigenvalue weighted by molar-refractivity contribution is -0.220. The van der Waals surface area contributed by atoms with E-state index in [4.69, 9.17) is 18.5 Å². The summed E-state index contributed by atoms with van der Waals surface area (Å²) in [5.74, 6) is -0.471. The van der Waals surface area contributed by atoms with Gasteiger partial charge in [-0.2, -0.15) is 0 Å². The fourth-order valence-corrected chi connectivity index (χ4v) is 8.45. The van der Waals surface area contributed by atoms with Gasteiger partial charge in [-0.05, 0) is 12.8 Å². The van der Waals surface area contributed by atoms with Gasteiger partial charge >= 0.3 is 13.8 Å². The van der Waals surface area contributed by atoms with Crippen molar-refractivity contribution < 1.29 is 58.3 Å². The highest BCUT2D eigenvalue weighted by atomic mass is 31.2. The molecule has 13 heteroatoms. The highest BCUT2D eigenvalue weighted by molar-refractivity contribution is 7.47. The average Bonchev–Trinajstić information content (AvgIpc) is 3.19. The Morgan fingerprint density at radius 3 is 1.21 bits per heavy atom. The first kappa shape index (κ1) is 54.4. The molecule has 0 spiro atoms. The Labute approximate surface area is 346 Å². The Bertz CT molecular complexity index is 958. The molecule has 0 heterocycles. The van der Waals surface area contributed by atoms with Crippen LogP contribution in [0, 0.1) is 0 Å². The van der Waals surface area contributed by atoms with E-state index < -0.39 is 63.1 Å². The number of ether oxygens (including phenoxy) is 2. The van der Waals surface area contributed by atoms with E-state index in [1.165, 1.54) is 148 Å². The predicted molar refractivity (Wildman–Crippen MR) is 226 cm³/mol. The minimum absolute atomic E-state index is 0.0683. The van der Waals surface area contributed by atoms with Crippen LogP contribution >= 0.6 is 7.82 Å². The molecular formula is C44H87O12P. The molecule has 0 aromatic carbocycles. The lowest BCUT2D eigenvalue weighted by Gasteiger charge is -2.41. The van der Waals surface area contributed by atoms with Crippen LogP contribution < -0.4 is 0 Å². The van der Waals surface area contributed by atoms with E-state index in [0.29, 0.717) is 13.0 Å². The van der Waals surface area contributed by atoms with Crippen LogP contribution in [0.1, 0.15) is 213 Å². The molecule has 1 saturated carbocycles. The van der Waals surface area contributed by atoms with Crippen molar-refractivity contribution in [3.8, 4) is 0 Å². The van der Waals surface area contributed by atoms with Crippen LogP contribution in [0.3, 0.4) is 0 Å². The quantitative estimate of drug-likeness (QED) is 0.0195. The van der Waals surface area contributed by atoms with Crippen molar-refractivity contribution >= 4 is 13.8 Å². The number of aliphatic hydroxyl groups excluding tert-OH is 5. The number of esters is 1. The predicted octanol–water partition coefficient (Wildman–Crippen LogP) is 9.37. The zero-order valence-corrected chi connectivity index (χ0v) is 37.1. The molecule has 0 amide bonds. The van der Waals surface area contributed by atoms with Gasteiger partial charge in [-0.25, -0.2) is 4.57 Å². The van der Waals surface area contributed by atoms with Crippen molar-refractivity contribution in [2.24, 2.45) is 0 Å². The summed E-state index contributed by atoms with van der Waals surface area (Å²) in [6, 6.07) is 0. The average molecular weight is 839 g/mol. The summed E-state index contributed by atoms with van der Waals surface area (Å²) >= 11 is 0. The third-order valence-electron chi connectivity index (χ3n) is 11.2. The van der Waals surface area contributed by atoms with Crippen LogP contribution in [0.15, 0.2) is 0 Å². The van der Waals surface area contributed by atoms with Crippen LogP contribution in [0.4, 0.5) is 0 Å². The summed E-state index contributed by atoms with van der Waals surface area (Å²) in [4.78, 5) is 23.1. The highest BCUT2D eigenvalue weighted by Gasteiger charge is 2.51. The van der Waals surface area contributed by atoms with Gasteiger partial charge in [0.2, 0.25) is 0 Å². The summed E-state index contributed by atoms with van der Waals surface area (Å²) in [5.41, 5.74) is 0. The second-order valence-corrected chi connectivity index (χ2v) is 18.0. The Balaban J connectivity index is 2.36. The number of carbonyl (C=O) groups excluding carboxylic acids is 1. The third-order valence-corrected chi connectivity index (χ3v) is 12.2. The van der Waals surface area contributed by atoms with Crippen LogP contribution in [-0.4, -0.2) is 98.9 Å². The standard InChI is InChI=1S/C44H87O12P/c1-3-5-7-9-11-13-15-17-18-19-20-21-22-23-25-27-29-31-33-38(45)55-37(35-53-34-32-30-28-26-24-16-14-12-10-8-6-4-2)36-54-57(51,52)56-44-42(49)40(47)39(46)41(48)43(44)50/h37,39-44,46-50H,3-36H2,1-2H3,(H,51,52)/t37-,39?,40-,41?,42?,43?,44?/m1/s1. The molecule has 12 nitrogen and oxygen atoms in total. The number of hydrogen-bond donors (Lipinski definition) is 6. The summed E-state index contributed by atoms with van der Waals surface area (Å²) < 4.78 is 34.2. The van der Waals surface area contributed by atoms with Gasteiger partial charge in [0, 0.05) is 13.0 Å². The maximum atomic E-state index is 12.8. The molecule has 6 N–H and O–H groups in total. The van der Waals surface area contributed by atoms with Gasteiger partial charge in [0.15, 0.2) is 0 Å². The Kier molecular flexibility index (Phi) is 34.4. The number of hydrogen-bond acceptors (Lipinski definition) is 11. The summed E-state index contributed by atoms with van der Waals surface area (Å²) in [5, 5.41) is 50.1. The molecule has 340 valence electrons. The zero-order valence-electron chi connectivity index (χ0n) is 36.2. The van der Waals surface area contributed by atoms with Gasteiger partial charge in [-0.15, -0.1) is 0 Å². The van der Waals surface area contributed by atoms with Gasteiger partial charge in [-0.3, -0.25) is 13.8 Å². The molecule has 0 aromatic rings. The number of phosphoric ester groups is 1. The molecular weight excluding hydrogens is 751 g/mol. The maximum absolute atomic E-state index is 12.8. The number of unbranched alkanes of at least 4 members (excludes halogenated alkanes) is 28. The Morgan fingerprint density at radius 1 is 0.491 bits per heavy atom. The van der Waals surface area contributed by atoms with Gasteiger partial charge in [0.25, 0.3) is 0 Å². The molecule has 0 aromatic heterocycles. The van der Waals surface area contributed by atoms with E-state index in [1.807, 2.05) is 0 Å². The fourth-order valence-electron chi connectivity index (χ4n) is 7.47. The molecule has 57 heavy (non-hydrogen) atoms. The van der Waals surface area contributed by atoms with E-state index in [2.05, 4.69) is 13.8 Å². The highest BCUT2D eigenvalue weighted by Crippen LogP contribution is 2.47. The van der Waals surface area contributed by atoms with Gasteiger partial charge in [0.05, 0.1) is 13.2 Å². The van der Waals surface area contributed by atoms with E-state index in [9.17, 15) is 39.8 Å². The number of rotatable bonds is 40. The lowest BCUT2D eigenvalue weighted by atomic mass is 9.85. The number of phosphoric acid groups is 1. The molecule has 6 unspecified atom stereocenters. The third kappa shape index (κ3) is 28.5. The molecule has 1 aliphatic carbocycles. The van der Waals surface area contributed by atoms with Crippen LogP contribution in [-0.2, 0) is 27.9 Å². The smallest absolute Gasteiger partial charge is 0.457 e. The topological polar surface area (TPSA) is 192 Å². The first-order valence-corrected chi connectivity index (χ1v) is 24.9. The van der Waals surface area contributed by atoms with E-state index in [0.717, 1.165) is 38.5 Å². The minimum Gasteiger partial charge on any atom is -0.457 e. The minimum atomic E-state index is -5.01. The molecule has 0 aliphatic heterocycles. The summed E-state index contributed by atoms with van der Waals surface area (Å²) in [7, 11) is -5.01. The van der Waals surface area contributed by atoms with Gasteiger partial charge in [0.1, 0.15) is 42.7 Å². The second-order valence-electron chi connectivity index (χ2n) is 16.6. The lowest BCUT2D eigenvalue weighted by Crippen LogP contribution is -2.64. The largest absolute Gasteiger partial charge is 0.472 e. The van der Waals surface area contributed by atoms with E-state index in [-0.39, 0.29) is 13.0 Å². The molecule has 0 bridgehead atoms. The first-order chi connectivity index (χ1) is 27.5. The van der Waals surface area contributed by atoms with Crippen molar-refractivity contribution in [1.82, 2.24) is 0 Å². The maximum Gasteiger partial charge on any atom is 0.472 e. The number of carbonyl (C=O) groups is 1. The molecule has 0 radical (unpaired) electrons. The van der Waals surface area contributed by atoms with Crippen molar-refractivity contribution in [2.75, 3.05) is 19.8 Å². The Hall–Kier alpha value is -0.660. The van der Waals surface area contributed by atoms with Crippen molar-refractivity contribution in [2.45, 2.75) is 256 Å². The van der Waals surface area contributed by atoms with Gasteiger partial charge < -0.3 is 39.9 Å². The Morgan fingerprint density at radius 2 is 0.825 bits per heavy atom. The molecule has 8 atom stereocenters. The second kappa shape index (κ2) is 36.0. The van der Waals surface area contributed by atoms with Gasteiger partial charge in [-0.1, -0.05) is 194 Å². The molecule has 0 saturated heterocycles.